The van der Waals surface area contributed by atoms with E-state index in [0.717, 1.165) is 28.4 Å². The van der Waals surface area contributed by atoms with Gasteiger partial charge in [0, 0.05) is 6.07 Å². The maximum Gasteiger partial charge on any atom is 0.354 e. The number of benzene rings is 2. The molecule has 1 aromatic heterocycles. The van der Waals surface area contributed by atoms with Crippen molar-refractivity contribution >= 4 is 17.6 Å². The number of nitrogens with one attached hydrogen (secondary N) is 2. The average Bonchev–Trinajstić information content (AvgIpc) is 2.61. The summed E-state index contributed by atoms with van der Waals surface area (Å²) in [7, 11) is 0. The maximum absolute atomic E-state index is 5.99. The molecule has 0 radical (unpaired) electrons. The molecule has 0 amide bonds. The summed E-state index contributed by atoms with van der Waals surface area (Å²) in [6.45, 7) is 4.36. The van der Waals surface area contributed by atoms with Gasteiger partial charge in [-0.15, -0.1) is 9.97 Å². The molecular formula is C20H22N5O+. The molecule has 4 N–H and O–H groups in total. The molecular weight excluding hydrogens is 326 g/mol. The van der Waals surface area contributed by atoms with Crippen molar-refractivity contribution in [2.75, 3.05) is 5.32 Å². The summed E-state index contributed by atoms with van der Waals surface area (Å²) in [4.78, 5) is 11.6. The van der Waals surface area contributed by atoms with Gasteiger partial charge >= 0.3 is 5.95 Å². The van der Waals surface area contributed by atoms with Crippen molar-refractivity contribution in [3.05, 3.63) is 77.6 Å². The number of hydrogen-bond donors (Lipinski definition) is 3. The number of guanidine groups is 1. The second-order valence-electron chi connectivity index (χ2n) is 5.94. The van der Waals surface area contributed by atoms with Crippen molar-refractivity contribution in [2.24, 2.45) is 5.73 Å². The van der Waals surface area contributed by atoms with Crippen molar-refractivity contribution in [3.8, 4) is 5.75 Å². The van der Waals surface area contributed by atoms with Gasteiger partial charge in [-0.25, -0.2) is 4.99 Å². The Balaban J connectivity index is 1.60. The molecule has 0 bridgehead atoms. The molecule has 26 heavy (non-hydrogen) atoms. The highest BCUT2D eigenvalue weighted by atomic mass is 16.5. The second-order valence-corrected chi connectivity index (χ2v) is 5.94. The monoisotopic (exact) mass is 348 g/mol. The van der Waals surface area contributed by atoms with Gasteiger partial charge in [0.15, 0.2) is 0 Å². The Morgan fingerprint density at radius 2 is 1.65 bits per heavy atom. The standard InChI is InChI=1S/C20H21N5O/c1-14-12-15(2)23-20(22-14)25-19(21)24-17-8-10-18(11-9-17)26-13-16-6-4-3-5-7-16/h3-12H,13H2,1-2H3,(H3,21,22,23,24,25)/p+1. The Morgan fingerprint density at radius 1 is 1.00 bits per heavy atom. The number of rotatable bonds is 5. The van der Waals surface area contributed by atoms with Gasteiger partial charge < -0.3 is 10.5 Å². The molecule has 0 aliphatic carbocycles. The lowest BCUT2D eigenvalue weighted by Crippen LogP contribution is -2.72. The van der Waals surface area contributed by atoms with Crippen LogP contribution < -0.4 is 20.8 Å². The number of ether oxygens (including phenoxy) is 1. The van der Waals surface area contributed by atoms with Crippen molar-refractivity contribution in [2.45, 2.75) is 20.5 Å². The van der Waals surface area contributed by atoms with E-state index in [0.29, 0.717) is 18.5 Å². The zero-order chi connectivity index (χ0) is 18.4. The fourth-order valence-electron chi connectivity index (χ4n) is 2.46. The normalized spacial score (nSPS) is 11.2. The smallest absolute Gasteiger partial charge is 0.354 e. The molecule has 0 atom stereocenters. The molecule has 2 aromatic carbocycles. The molecule has 3 aromatic rings. The third-order valence-electron chi connectivity index (χ3n) is 3.61. The van der Waals surface area contributed by atoms with Crippen LogP contribution >= 0.6 is 0 Å². The molecule has 132 valence electrons. The Kier molecular flexibility index (Phi) is 5.43. The van der Waals surface area contributed by atoms with Crippen LogP contribution in [0.3, 0.4) is 0 Å². The average molecular weight is 348 g/mol. The summed E-state index contributed by atoms with van der Waals surface area (Å²) in [6, 6.07) is 19.5. The van der Waals surface area contributed by atoms with Crippen LogP contribution in [0, 0.1) is 13.8 Å². The van der Waals surface area contributed by atoms with E-state index >= 15 is 0 Å². The summed E-state index contributed by atoms with van der Waals surface area (Å²) in [5, 5.41) is 3.08. The van der Waals surface area contributed by atoms with Gasteiger partial charge in [-0.05, 0) is 43.7 Å². The van der Waals surface area contributed by atoms with E-state index in [1.165, 1.54) is 0 Å². The number of aromatic nitrogens is 2. The first-order chi connectivity index (χ1) is 12.6. The van der Waals surface area contributed by atoms with Gasteiger partial charge in [0.1, 0.15) is 12.4 Å². The zero-order valence-corrected chi connectivity index (χ0v) is 14.9. The summed E-state index contributed by atoms with van der Waals surface area (Å²) in [5.74, 6) is 1.62. The van der Waals surface area contributed by atoms with Gasteiger partial charge in [0.2, 0.25) is 0 Å². The Labute approximate surface area is 152 Å². The topological polar surface area (TPSA) is 87.0 Å². The first-order valence-electron chi connectivity index (χ1n) is 8.34. The van der Waals surface area contributed by atoms with Gasteiger partial charge in [0.25, 0.3) is 5.96 Å². The molecule has 0 aliphatic rings. The van der Waals surface area contributed by atoms with Crippen molar-refractivity contribution in [1.82, 2.24) is 9.97 Å². The molecule has 0 fully saturated rings. The van der Waals surface area contributed by atoms with Crippen LogP contribution in [0.1, 0.15) is 17.0 Å². The summed E-state index contributed by atoms with van der Waals surface area (Å²) in [6.07, 6.45) is 0. The first kappa shape index (κ1) is 17.4. The van der Waals surface area contributed by atoms with Crippen LogP contribution in [0.2, 0.25) is 0 Å². The minimum absolute atomic E-state index is 0.355. The van der Waals surface area contributed by atoms with E-state index in [1.54, 1.807) is 0 Å². The third-order valence-corrected chi connectivity index (χ3v) is 3.61. The summed E-state index contributed by atoms with van der Waals surface area (Å²) >= 11 is 0. The highest BCUT2D eigenvalue weighted by Gasteiger charge is 2.06. The van der Waals surface area contributed by atoms with Gasteiger partial charge in [-0.1, -0.05) is 30.3 Å². The molecule has 1 heterocycles. The van der Waals surface area contributed by atoms with E-state index < -0.39 is 0 Å². The molecule has 0 unspecified atom stereocenters. The maximum atomic E-state index is 5.99. The Bertz CT molecular complexity index is 872. The van der Waals surface area contributed by atoms with E-state index in [2.05, 4.69) is 20.3 Å². The van der Waals surface area contributed by atoms with Crippen LogP contribution in [0.4, 0.5) is 11.6 Å². The van der Waals surface area contributed by atoms with E-state index in [1.807, 2.05) is 74.5 Å². The molecule has 0 saturated heterocycles. The number of nitrogens with zero attached hydrogens (tertiary/aromatic N) is 2. The fourth-order valence-corrected chi connectivity index (χ4v) is 2.46. The predicted octanol–water partition coefficient (Wildman–Crippen LogP) is 1.81. The SMILES string of the molecule is Cc1cc(C)nc([NH+]=C(N)Nc2ccc(OCc3ccccc3)cc2)n1. The van der Waals surface area contributed by atoms with E-state index in [9.17, 15) is 0 Å². The summed E-state index contributed by atoms with van der Waals surface area (Å²) < 4.78 is 5.77. The number of anilines is 1. The van der Waals surface area contributed by atoms with E-state index in [-0.39, 0.29) is 0 Å². The minimum Gasteiger partial charge on any atom is -0.489 e. The van der Waals surface area contributed by atoms with Gasteiger partial charge in [-0.3, -0.25) is 5.32 Å². The molecule has 3 rings (SSSR count). The number of nitrogens with two attached hydrogens (primary N) is 1. The van der Waals surface area contributed by atoms with Crippen molar-refractivity contribution in [1.29, 1.82) is 0 Å². The van der Waals surface area contributed by atoms with Crippen molar-refractivity contribution < 1.29 is 9.73 Å². The van der Waals surface area contributed by atoms with E-state index in [4.69, 9.17) is 10.5 Å². The molecule has 6 heteroatoms. The highest BCUT2D eigenvalue weighted by molar-refractivity contribution is 5.88. The highest BCUT2D eigenvalue weighted by Crippen LogP contribution is 2.16. The predicted molar refractivity (Wildman–Crippen MR) is 102 cm³/mol. The first-order valence-corrected chi connectivity index (χ1v) is 8.34. The minimum atomic E-state index is 0.355. The van der Waals surface area contributed by atoms with Gasteiger partial charge in [-0.2, -0.15) is 0 Å². The molecule has 0 spiro atoms. The second kappa shape index (κ2) is 8.11. The fraction of sp³-hybridized carbons (Fsp3) is 0.150. The molecule has 6 nitrogen and oxygen atoms in total. The largest absolute Gasteiger partial charge is 0.489 e. The van der Waals surface area contributed by atoms with Crippen LogP contribution in [-0.2, 0) is 6.61 Å². The third kappa shape index (κ3) is 5.04. The molecule has 0 saturated carbocycles. The summed E-state index contributed by atoms with van der Waals surface area (Å²) in [5.41, 5.74) is 9.73. The Morgan fingerprint density at radius 3 is 2.31 bits per heavy atom. The lowest BCUT2D eigenvalue weighted by Gasteiger charge is -2.07. The van der Waals surface area contributed by atoms with Gasteiger partial charge in [0.05, 0.1) is 17.1 Å². The lowest BCUT2D eigenvalue weighted by molar-refractivity contribution is -0.365. The zero-order valence-electron chi connectivity index (χ0n) is 14.9. The molecule has 0 aliphatic heterocycles. The van der Waals surface area contributed by atoms with Crippen LogP contribution in [0.5, 0.6) is 5.75 Å². The van der Waals surface area contributed by atoms with Crippen LogP contribution in [0.15, 0.2) is 60.7 Å². The quantitative estimate of drug-likeness (QED) is 0.484. The number of hydrogen-bond acceptors (Lipinski definition) is 3. The van der Waals surface area contributed by atoms with Crippen LogP contribution in [-0.4, -0.2) is 15.9 Å². The number of aryl methyl sites for hydroxylation is 2. The van der Waals surface area contributed by atoms with Crippen molar-refractivity contribution in [3.63, 3.8) is 0 Å². The Hall–Kier alpha value is -3.41. The van der Waals surface area contributed by atoms with Crippen LogP contribution in [0.25, 0.3) is 0 Å². The lowest BCUT2D eigenvalue weighted by atomic mass is 10.2.